The van der Waals surface area contributed by atoms with Gasteiger partial charge in [0.25, 0.3) is 0 Å². The molecule has 8 nitrogen and oxygen atoms in total. The van der Waals surface area contributed by atoms with E-state index in [0.717, 1.165) is 0 Å². The molecular formula is C14H14Cl2N4O4S. The van der Waals surface area contributed by atoms with E-state index < -0.39 is 22.7 Å². The summed E-state index contributed by atoms with van der Waals surface area (Å²) in [6.45, 7) is 3.61. The van der Waals surface area contributed by atoms with Crippen LogP contribution in [0.15, 0.2) is 6.33 Å². The highest BCUT2D eigenvalue weighted by Gasteiger charge is 2.64. The van der Waals surface area contributed by atoms with E-state index in [9.17, 15) is 4.79 Å². The molecular weight excluding hydrogens is 391 g/mol. The second-order valence-corrected chi connectivity index (χ2v) is 8.10. The summed E-state index contributed by atoms with van der Waals surface area (Å²) >= 11 is 13.4. The van der Waals surface area contributed by atoms with Crippen LogP contribution in [-0.2, 0) is 23.9 Å². The first-order chi connectivity index (χ1) is 11.8. The predicted molar refractivity (Wildman–Crippen MR) is 91.6 cm³/mol. The summed E-state index contributed by atoms with van der Waals surface area (Å²) in [4.78, 5) is 24.0. The summed E-state index contributed by atoms with van der Waals surface area (Å²) in [5, 5.41) is 0.0694. The Kier molecular flexibility index (Phi) is 3.93. The smallest absolute Gasteiger partial charge is 0.345 e. The van der Waals surface area contributed by atoms with Gasteiger partial charge in [0.2, 0.25) is 10.2 Å². The summed E-state index contributed by atoms with van der Waals surface area (Å²) in [7, 11) is 1.33. The second kappa shape index (κ2) is 5.68. The minimum absolute atomic E-state index is 0.0391. The Balaban J connectivity index is 1.94. The highest BCUT2D eigenvalue weighted by Crippen LogP contribution is 2.52. The number of hydrogen-bond donors (Lipinski definition) is 0. The lowest BCUT2D eigenvalue weighted by Gasteiger charge is -2.32. The van der Waals surface area contributed by atoms with E-state index in [1.165, 1.54) is 25.2 Å². The van der Waals surface area contributed by atoms with Gasteiger partial charge in [0.15, 0.2) is 16.6 Å². The number of fused-ring (bicyclic) bond motifs is 2. The van der Waals surface area contributed by atoms with Crippen LogP contribution in [0.25, 0.3) is 11.2 Å². The minimum Gasteiger partial charge on any atom is -0.467 e. The predicted octanol–water partition coefficient (Wildman–Crippen LogP) is 2.23. The molecule has 2 aliphatic heterocycles. The average molecular weight is 405 g/mol. The van der Waals surface area contributed by atoms with Gasteiger partial charge in [0.05, 0.1) is 13.4 Å². The van der Waals surface area contributed by atoms with Gasteiger partial charge >= 0.3 is 5.97 Å². The SMILES string of the molecule is COC(=O)[C@]1(n2cnc3c(Cl)nc(Cl)nc32)SC[C@@H]2OC(C)(C)O[C@@H]21. The summed E-state index contributed by atoms with van der Waals surface area (Å²) in [6.07, 6.45) is 0.622. The molecule has 25 heavy (non-hydrogen) atoms. The Morgan fingerprint density at radius 3 is 2.88 bits per heavy atom. The first kappa shape index (κ1) is 17.3. The molecule has 11 heteroatoms. The normalized spacial score (nSPS) is 30.6. The first-order valence-corrected chi connectivity index (χ1v) is 9.17. The van der Waals surface area contributed by atoms with Crippen LogP contribution in [-0.4, -0.2) is 56.3 Å². The van der Waals surface area contributed by atoms with Crippen molar-refractivity contribution >= 4 is 52.1 Å². The van der Waals surface area contributed by atoms with Crippen LogP contribution in [0.5, 0.6) is 0 Å². The van der Waals surface area contributed by atoms with Gasteiger partial charge in [-0.05, 0) is 25.4 Å². The van der Waals surface area contributed by atoms with Gasteiger partial charge < -0.3 is 14.2 Å². The number of carbonyl (C=O) groups excluding carboxylic acids is 1. The molecule has 2 saturated heterocycles. The van der Waals surface area contributed by atoms with Gasteiger partial charge in [-0.3, -0.25) is 4.57 Å². The molecule has 2 aromatic heterocycles. The van der Waals surface area contributed by atoms with E-state index in [0.29, 0.717) is 16.9 Å². The number of aromatic nitrogens is 4. The molecule has 4 heterocycles. The standard InChI is InChI=1S/C14H14Cl2N4O4S/c1-13(2)23-6-4-25-14(8(6)24-13,11(21)22-3)20-5-17-7-9(15)18-12(16)19-10(7)20/h5-6,8H,4H2,1-3H3/t6-,8-,14+/m0/s1. The van der Waals surface area contributed by atoms with Gasteiger partial charge in [0.1, 0.15) is 17.7 Å². The summed E-state index contributed by atoms with van der Waals surface area (Å²) in [5.41, 5.74) is 0.674. The molecule has 0 bridgehead atoms. The minimum atomic E-state index is -1.25. The van der Waals surface area contributed by atoms with Crippen molar-refractivity contribution in [3.8, 4) is 0 Å². The fourth-order valence-electron chi connectivity index (χ4n) is 3.29. The third kappa shape index (κ3) is 2.44. The lowest BCUT2D eigenvalue weighted by atomic mass is 10.1. The highest BCUT2D eigenvalue weighted by molar-refractivity contribution is 8.01. The lowest BCUT2D eigenvalue weighted by molar-refractivity contribution is -0.164. The zero-order valence-electron chi connectivity index (χ0n) is 13.5. The third-order valence-corrected chi connectivity index (χ3v) is 6.16. The Hall–Kier alpha value is -1.13. The molecule has 0 aliphatic carbocycles. The van der Waals surface area contributed by atoms with Crippen LogP contribution in [0.1, 0.15) is 13.8 Å². The molecule has 0 aromatic carbocycles. The zero-order chi connectivity index (χ0) is 18.0. The van der Waals surface area contributed by atoms with Crippen LogP contribution in [0.2, 0.25) is 10.4 Å². The Labute approximate surface area is 157 Å². The summed E-state index contributed by atoms with van der Waals surface area (Å²) in [5.74, 6) is -0.748. The largest absolute Gasteiger partial charge is 0.467 e. The van der Waals surface area contributed by atoms with Crippen LogP contribution >= 0.6 is 35.0 Å². The molecule has 0 unspecified atom stereocenters. The number of esters is 1. The van der Waals surface area contributed by atoms with Gasteiger partial charge in [0, 0.05) is 5.75 Å². The topological polar surface area (TPSA) is 88.4 Å². The van der Waals surface area contributed by atoms with Crippen LogP contribution in [0.4, 0.5) is 0 Å². The maximum atomic E-state index is 12.9. The Morgan fingerprint density at radius 2 is 2.16 bits per heavy atom. The molecule has 0 spiro atoms. The number of ether oxygens (including phenoxy) is 3. The van der Waals surface area contributed by atoms with Crippen molar-refractivity contribution in [2.45, 2.75) is 36.7 Å². The average Bonchev–Trinajstić information content (AvgIpc) is 3.17. The molecule has 0 radical (unpaired) electrons. The number of carbonyl (C=O) groups is 1. The van der Waals surface area contributed by atoms with E-state index >= 15 is 0 Å². The number of methoxy groups -OCH3 is 1. The van der Waals surface area contributed by atoms with Crippen LogP contribution in [0.3, 0.4) is 0 Å². The number of hydrogen-bond acceptors (Lipinski definition) is 8. The van der Waals surface area contributed by atoms with Gasteiger partial charge in [-0.25, -0.2) is 14.8 Å². The number of thioether (sulfide) groups is 1. The van der Waals surface area contributed by atoms with Crippen LogP contribution in [0, 0.1) is 0 Å². The summed E-state index contributed by atoms with van der Waals surface area (Å²) in [6, 6.07) is 0. The molecule has 0 N–H and O–H groups in total. The first-order valence-electron chi connectivity index (χ1n) is 7.43. The molecule has 0 saturated carbocycles. The van der Waals surface area contributed by atoms with Crippen molar-refractivity contribution in [2.24, 2.45) is 0 Å². The maximum Gasteiger partial charge on any atom is 0.345 e. The van der Waals surface area contributed by atoms with Crippen molar-refractivity contribution in [1.29, 1.82) is 0 Å². The lowest BCUT2D eigenvalue weighted by Crippen LogP contribution is -2.49. The van der Waals surface area contributed by atoms with E-state index in [2.05, 4.69) is 15.0 Å². The van der Waals surface area contributed by atoms with Crippen molar-refractivity contribution < 1.29 is 19.0 Å². The highest BCUT2D eigenvalue weighted by atomic mass is 35.5. The maximum absolute atomic E-state index is 12.9. The molecule has 2 aromatic rings. The second-order valence-electron chi connectivity index (χ2n) is 6.16. The Bertz CT molecular complexity index is 876. The van der Waals surface area contributed by atoms with Gasteiger partial charge in [-0.2, -0.15) is 4.98 Å². The molecule has 2 aliphatic rings. The van der Waals surface area contributed by atoms with Crippen molar-refractivity contribution in [1.82, 2.24) is 19.5 Å². The number of halogens is 2. The molecule has 2 fully saturated rings. The quantitative estimate of drug-likeness (QED) is 0.427. The third-order valence-electron chi connectivity index (χ3n) is 4.20. The fourth-order valence-corrected chi connectivity index (χ4v) is 5.21. The number of rotatable bonds is 2. The van der Waals surface area contributed by atoms with E-state index in [1.54, 1.807) is 18.4 Å². The molecule has 0 amide bonds. The monoisotopic (exact) mass is 404 g/mol. The van der Waals surface area contributed by atoms with Crippen molar-refractivity contribution in [3.63, 3.8) is 0 Å². The van der Waals surface area contributed by atoms with Crippen molar-refractivity contribution in [3.05, 3.63) is 16.8 Å². The van der Waals surface area contributed by atoms with E-state index in [-0.39, 0.29) is 16.5 Å². The molecule has 4 rings (SSSR count). The van der Waals surface area contributed by atoms with E-state index in [4.69, 9.17) is 37.4 Å². The number of nitrogens with zero attached hydrogens (tertiary/aromatic N) is 4. The molecule has 3 atom stereocenters. The fraction of sp³-hybridized carbons (Fsp3) is 0.571. The number of imidazole rings is 1. The van der Waals surface area contributed by atoms with Gasteiger partial charge in [-0.15, -0.1) is 11.8 Å². The summed E-state index contributed by atoms with van der Waals surface area (Å²) < 4.78 is 18.6. The van der Waals surface area contributed by atoms with E-state index in [1.807, 2.05) is 0 Å². The van der Waals surface area contributed by atoms with Crippen molar-refractivity contribution in [2.75, 3.05) is 12.9 Å². The Morgan fingerprint density at radius 1 is 1.40 bits per heavy atom. The van der Waals surface area contributed by atoms with Crippen LogP contribution < -0.4 is 0 Å². The van der Waals surface area contributed by atoms with Gasteiger partial charge in [-0.1, -0.05) is 11.6 Å². The molecule has 134 valence electrons. The zero-order valence-corrected chi connectivity index (χ0v) is 15.9.